The molecule has 108 valence electrons. The molecule has 2 N–H and O–H groups in total. The topological polar surface area (TPSA) is 50.4 Å². The number of ether oxygens (including phenoxy) is 1. The fourth-order valence-electron chi connectivity index (χ4n) is 2.92. The Balaban J connectivity index is 1.82. The molecule has 1 aromatic carbocycles. The Morgan fingerprint density at radius 2 is 2.30 bits per heavy atom. The van der Waals surface area contributed by atoms with Crippen molar-refractivity contribution < 1.29 is 9.53 Å². The van der Waals surface area contributed by atoms with Crippen LogP contribution in [0.5, 0.6) is 5.75 Å². The second-order valence-electron chi connectivity index (χ2n) is 5.72. The van der Waals surface area contributed by atoms with E-state index in [4.69, 9.17) is 4.74 Å². The highest BCUT2D eigenvalue weighted by Gasteiger charge is 2.29. The molecule has 1 unspecified atom stereocenters. The smallest absolute Gasteiger partial charge is 0.262 e. The van der Waals surface area contributed by atoms with Crippen molar-refractivity contribution in [3.8, 4) is 5.75 Å². The minimum Gasteiger partial charge on any atom is -0.482 e. The summed E-state index contributed by atoms with van der Waals surface area (Å²) in [6.07, 6.45) is 5.05. The third-order valence-corrected chi connectivity index (χ3v) is 4.23. The van der Waals surface area contributed by atoms with Gasteiger partial charge >= 0.3 is 0 Å². The van der Waals surface area contributed by atoms with Gasteiger partial charge in [0.15, 0.2) is 6.61 Å². The van der Waals surface area contributed by atoms with E-state index in [0.29, 0.717) is 6.04 Å². The summed E-state index contributed by atoms with van der Waals surface area (Å²) in [5, 5.41) is 6.55. The standard InChI is InChI=1S/C16H22N2O2/c1-2-8-17-16(11-4-3-5-11)12-6-7-14-13(9-12)18-15(19)10-20-14/h6-7,9,11,16-17H,2-5,8,10H2,1H3,(H,18,19). The van der Waals surface area contributed by atoms with Gasteiger partial charge in [-0.2, -0.15) is 0 Å². The van der Waals surface area contributed by atoms with E-state index in [9.17, 15) is 4.79 Å². The van der Waals surface area contributed by atoms with Crippen LogP contribution in [-0.4, -0.2) is 19.1 Å². The van der Waals surface area contributed by atoms with Gasteiger partial charge < -0.3 is 15.4 Å². The largest absolute Gasteiger partial charge is 0.482 e. The van der Waals surface area contributed by atoms with Crippen molar-refractivity contribution in [3.63, 3.8) is 0 Å². The maximum Gasteiger partial charge on any atom is 0.262 e. The second-order valence-corrected chi connectivity index (χ2v) is 5.72. The molecule has 1 saturated carbocycles. The number of carbonyl (C=O) groups is 1. The van der Waals surface area contributed by atoms with Crippen LogP contribution in [0.15, 0.2) is 18.2 Å². The van der Waals surface area contributed by atoms with Gasteiger partial charge in [0, 0.05) is 6.04 Å². The van der Waals surface area contributed by atoms with Crippen LogP contribution in [-0.2, 0) is 4.79 Å². The van der Waals surface area contributed by atoms with E-state index in [-0.39, 0.29) is 12.5 Å². The Labute approximate surface area is 119 Å². The van der Waals surface area contributed by atoms with Crippen molar-refractivity contribution in [2.75, 3.05) is 18.5 Å². The second kappa shape index (κ2) is 5.83. The maximum atomic E-state index is 11.4. The number of anilines is 1. The number of rotatable bonds is 5. The number of amides is 1. The molecule has 0 bridgehead atoms. The van der Waals surface area contributed by atoms with Gasteiger partial charge in [-0.3, -0.25) is 4.79 Å². The molecule has 1 aromatic rings. The van der Waals surface area contributed by atoms with Crippen LogP contribution in [0.4, 0.5) is 5.69 Å². The first-order chi connectivity index (χ1) is 9.78. The number of hydrogen-bond acceptors (Lipinski definition) is 3. The zero-order chi connectivity index (χ0) is 13.9. The molecule has 20 heavy (non-hydrogen) atoms. The zero-order valence-electron chi connectivity index (χ0n) is 11.9. The van der Waals surface area contributed by atoms with E-state index in [0.717, 1.165) is 30.3 Å². The molecule has 1 amide bonds. The lowest BCUT2D eigenvalue weighted by Gasteiger charge is -2.35. The lowest BCUT2D eigenvalue weighted by Crippen LogP contribution is -2.33. The first kappa shape index (κ1) is 13.4. The van der Waals surface area contributed by atoms with Gasteiger partial charge in [0.25, 0.3) is 5.91 Å². The summed E-state index contributed by atoms with van der Waals surface area (Å²) in [7, 11) is 0. The number of hydrogen-bond donors (Lipinski definition) is 2. The average molecular weight is 274 g/mol. The van der Waals surface area contributed by atoms with E-state index in [1.807, 2.05) is 6.07 Å². The third kappa shape index (κ3) is 2.66. The molecule has 4 heteroatoms. The van der Waals surface area contributed by atoms with E-state index in [1.165, 1.54) is 24.8 Å². The fraction of sp³-hybridized carbons (Fsp3) is 0.562. The zero-order valence-corrected chi connectivity index (χ0v) is 11.9. The molecule has 4 nitrogen and oxygen atoms in total. The molecule has 1 aliphatic heterocycles. The molecule has 3 rings (SSSR count). The van der Waals surface area contributed by atoms with Crippen molar-refractivity contribution in [3.05, 3.63) is 23.8 Å². The van der Waals surface area contributed by atoms with Crippen LogP contribution in [0.3, 0.4) is 0 Å². The van der Waals surface area contributed by atoms with Crippen molar-refractivity contribution >= 4 is 11.6 Å². The Hall–Kier alpha value is -1.55. The summed E-state index contributed by atoms with van der Waals surface area (Å²) < 4.78 is 5.42. The van der Waals surface area contributed by atoms with Crippen LogP contribution in [0, 0.1) is 5.92 Å². The molecule has 0 spiro atoms. The third-order valence-electron chi connectivity index (χ3n) is 4.23. The summed E-state index contributed by atoms with van der Waals surface area (Å²) in [6, 6.07) is 6.57. The first-order valence-electron chi connectivity index (χ1n) is 7.58. The molecule has 2 aliphatic rings. The minimum absolute atomic E-state index is 0.0728. The van der Waals surface area contributed by atoms with Crippen LogP contribution < -0.4 is 15.4 Å². The van der Waals surface area contributed by atoms with E-state index >= 15 is 0 Å². The van der Waals surface area contributed by atoms with E-state index in [2.05, 4.69) is 29.7 Å². The van der Waals surface area contributed by atoms with Crippen molar-refractivity contribution in [2.24, 2.45) is 5.92 Å². The van der Waals surface area contributed by atoms with Crippen LogP contribution in [0.1, 0.15) is 44.2 Å². The highest BCUT2D eigenvalue weighted by atomic mass is 16.5. The molecule has 0 radical (unpaired) electrons. The molecule has 1 fully saturated rings. The van der Waals surface area contributed by atoms with Gasteiger partial charge in [-0.1, -0.05) is 19.4 Å². The SMILES string of the molecule is CCCNC(c1ccc2c(c1)NC(=O)CO2)C1CCC1. The van der Waals surface area contributed by atoms with Gasteiger partial charge in [-0.05, 0) is 49.4 Å². The number of nitrogens with one attached hydrogen (secondary N) is 2. The van der Waals surface area contributed by atoms with E-state index in [1.54, 1.807) is 0 Å². The minimum atomic E-state index is -0.0728. The summed E-state index contributed by atoms with van der Waals surface area (Å²) in [4.78, 5) is 11.4. The predicted octanol–water partition coefficient (Wildman–Crippen LogP) is 2.86. The summed E-state index contributed by atoms with van der Waals surface area (Å²) in [5.41, 5.74) is 2.06. The number of fused-ring (bicyclic) bond motifs is 1. The summed E-state index contributed by atoms with van der Waals surface area (Å²) in [5.74, 6) is 1.42. The summed E-state index contributed by atoms with van der Waals surface area (Å²) in [6.45, 7) is 3.33. The lowest BCUT2D eigenvalue weighted by molar-refractivity contribution is -0.118. The Kier molecular flexibility index (Phi) is 3.92. The van der Waals surface area contributed by atoms with Gasteiger partial charge in [0.2, 0.25) is 0 Å². The quantitative estimate of drug-likeness (QED) is 0.868. The van der Waals surface area contributed by atoms with Crippen molar-refractivity contribution in [1.29, 1.82) is 0 Å². The molecular formula is C16H22N2O2. The Morgan fingerprint density at radius 3 is 3.00 bits per heavy atom. The van der Waals surface area contributed by atoms with E-state index < -0.39 is 0 Å². The summed E-state index contributed by atoms with van der Waals surface area (Å²) >= 11 is 0. The maximum absolute atomic E-state index is 11.4. The fourth-order valence-corrected chi connectivity index (χ4v) is 2.92. The predicted molar refractivity (Wildman–Crippen MR) is 78.9 cm³/mol. The van der Waals surface area contributed by atoms with Crippen LogP contribution >= 0.6 is 0 Å². The van der Waals surface area contributed by atoms with Gasteiger partial charge in [0.05, 0.1) is 5.69 Å². The molecule has 1 heterocycles. The molecular weight excluding hydrogens is 252 g/mol. The molecule has 0 aromatic heterocycles. The van der Waals surface area contributed by atoms with Gasteiger partial charge in [-0.15, -0.1) is 0 Å². The van der Waals surface area contributed by atoms with Crippen molar-refractivity contribution in [2.45, 2.75) is 38.6 Å². The van der Waals surface area contributed by atoms with Gasteiger partial charge in [-0.25, -0.2) is 0 Å². The highest BCUT2D eigenvalue weighted by Crippen LogP contribution is 2.40. The lowest BCUT2D eigenvalue weighted by atomic mass is 9.77. The molecule has 1 atom stereocenters. The highest BCUT2D eigenvalue weighted by molar-refractivity contribution is 5.95. The molecule has 1 aliphatic carbocycles. The average Bonchev–Trinajstić information content (AvgIpc) is 2.40. The van der Waals surface area contributed by atoms with Gasteiger partial charge in [0.1, 0.15) is 5.75 Å². The Bertz CT molecular complexity index is 497. The van der Waals surface area contributed by atoms with Crippen molar-refractivity contribution in [1.82, 2.24) is 5.32 Å². The monoisotopic (exact) mass is 274 g/mol. The molecule has 0 saturated heterocycles. The normalized spacial score (nSPS) is 19.6. The number of carbonyl (C=O) groups excluding carboxylic acids is 1. The number of benzene rings is 1. The van der Waals surface area contributed by atoms with Crippen LogP contribution in [0.25, 0.3) is 0 Å². The van der Waals surface area contributed by atoms with Crippen LogP contribution in [0.2, 0.25) is 0 Å². The Morgan fingerprint density at radius 1 is 1.45 bits per heavy atom. The first-order valence-corrected chi connectivity index (χ1v) is 7.58.